The van der Waals surface area contributed by atoms with E-state index < -0.39 is 11.6 Å². The molecule has 0 amide bonds. The molecule has 92 valence electrons. The third-order valence-electron chi connectivity index (χ3n) is 2.68. The molecule has 4 heteroatoms. The van der Waals surface area contributed by atoms with Crippen LogP contribution in [0.2, 0.25) is 0 Å². The Hall–Kier alpha value is -2.36. The molecule has 2 rings (SSSR count). The highest BCUT2D eigenvalue weighted by atomic mass is 16.5. The van der Waals surface area contributed by atoms with E-state index in [-0.39, 0.29) is 0 Å². The summed E-state index contributed by atoms with van der Waals surface area (Å²) in [5, 5.41) is 3.10. The zero-order valence-electron chi connectivity index (χ0n) is 10.2. The number of para-hydroxylation sites is 1. The summed E-state index contributed by atoms with van der Waals surface area (Å²) in [5.41, 5.74) is 2.41. The summed E-state index contributed by atoms with van der Waals surface area (Å²) >= 11 is 0. The van der Waals surface area contributed by atoms with Crippen molar-refractivity contribution in [2.75, 3.05) is 12.4 Å². The molecule has 1 aliphatic carbocycles. The van der Waals surface area contributed by atoms with Gasteiger partial charge in [0, 0.05) is 17.8 Å². The van der Waals surface area contributed by atoms with Crippen LogP contribution in [0.1, 0.15) is 5.56 Å². The number of ketones is 2. The molecule has 0 unspecified atom stereocenters. The lowest BCUT2D eigenvalue weighted by Crippen LogP contribution is -2.19. The van der Waals surface area contributed by atoms with E-state index in [4.69, 9.17) is 4.74 Å². The molecule has 0 atom stereocenters. The molecule has 1 N–H and O–H groups in total. The highest BCUT2D eigenvalue weighted by Crippen LogP contribution is 2.21. The standard InChI is InChI=1S/C14H13NO3/c1-9-5-3-4-6-10(9)15-11-7-12(16)13(17)8-14(11)18-2/h3-8,15H,1-2H3. The van der Waals surface area contributed by atoms with Crippen molar-refractivity contribution in [2.45, 2.75) is 6.92 Å². The van der Waals surface area contributed by atoms with E-state index in [2.05, 4.69) is 5.32 Å². The Bertz CT molecular complexity index is 570. The van der Waals surface area contributed by atoms with E-state index >= 15 is 0 Å². The van der Waals surface area contributed by atoms with Crippen LogP contribution in [0, 0.1) is 6.92 Å². The fourth-order valence-electron chi connectivity index (χ4n) is 1.67. The largest absolute Gasteiger partial charge is 0.494 e. The van der Waals surface area contributed by atoms with Crippen molar-refractivity contribution in [3.8, 4) is 0 Å². The van der Waals surface area contributed by atoms with Crippen molar-refractivity contribution in [3.63, 3.8) is 0 Å². The summed E-state index contributed by atoms with van der Waals surface area (Å²) in [5.74, 6) is -0.753. The maximum absolute atomic E-state index is 11.4. The lowest BCUT2D eigenvalue weighted by Gasteiger charge is -2.17. The van der Waals surface area contributed by atoms with Crippen LogP contribution in [0.25, 0.3) is 0 Å². The molecule has 0 aliphatic heterocycles. The monoisotopic (exact) mass is 243 g/mol. The topological polar surface area (TPSA) is 55.4 Å². The maximum atomic E-state index is 11.4. The number of benzene rings is 1. The quantitative estimate of drug-likeness (QED) is 0.651. The fraction of sp³-hybridized carbons (Fsp3) is 0.143. The number of methoxy groups -OCH3 is 1. The third-order valence-corrected chi connectivity index (χ3v) is 2.68. The van der Waals surface area contributed by atoms with Crippen molar-refractivity contribution in [3.05, 3.63) is 53.4 Å². The molecular formula is C14H13NO3. The Morgan fingerprint density at radius 1 is 1.06 bits per heavy atom. The smallest absolute Gasteiger partial charge is 0.229 e. The Morgan fingerprint density at radius 3 is 2.39 bits per heavy atom. The first-order chi connectivity index (χ1) is 8.61. The summed E-state index contributed by atoms with van der Waals surface area (Å²) in [7, 11) is 1.46. The van der Waals surface area contributed by atoms with Gasteiger partial charge in [0.25, 0.3) is 0 Å². The number of anilines is 1. The third kappa shape index (κ3) is 2.32. The van der Waals surface area contributed by atoms with Gasteiger partial charge >= 0.3 is 0 Å². The maximum Gasteiger partial charge on any atom is 0.229 e. The van der Waals surface area contributed by atoms with E-state index in [1.165, 1.54) is 19.3 Å². The second kappa shape index (κ2) is 4.87. The first kappa shape index (κ1) is 12.1. The van der Waals surface area contributed by atoms with E-state index in [0.717, 1.165) is 11.3 Å². The zero-order chi connectivity index (χ0) is 13.1. The molecule has 1 aromatic rings. The van der Waals surface area contributed by atoms with E-state index in [1.54, 1.807) is 0 Å². The minimum Gasteiger partial charge on any atom is -0.494 e. The first-order valence-electron chi connectivity index (χ1n) is 5.50. The average Bonchev–Trinajstić information content (AvgIpc) is 2.36. The van der Waals surface area contributed by atoms with Crippen LogP contribution in [0.5, 0.6) is 0 Å². The number of carbonyl (C=O) groups excluding carboxylic acids is 2. The van der Waals surface area contributed by atoms with Gasteiger partial charge in [-0.15, -0.1) is 0 Å². The second-order valence-corrected chi connectivity index (χ2v) is 3.94. The number of nitrogens with one attached hydrogen (secondary N) is 1. The molecule has 0 spiro atoms. The van der Waals surface area contributed by atoms with Crippen LogP contribution in [0.3, 0.4) is 0 Å². The lowest BCUT2D eigenvalue weighted by molar-refractivity contribution is -0.131. The van der Waals surface area contributed by atoms with E-state index in [9.17, 15) is 9.59 Å². The Kier molecular flexibility index (Phi) is 3.28. The number of hydrogen-bond acceptors (Lipinski definition) is 4. The first-order valence-corrected chi connectivity index (χ1v) is 5.50. The van der Waals surface area contributed by atoms with Gasteiger partial charge in [-0.1, -0.05) is 18.2 Å². The Balaban J connectivity index is 2.31. The molecule has 4 nitrogen and oxygen atoms in total. The van der Waals surface area contributed by atoms with Crippen molar-refractivity contribution in [1.82, 2.24) is 0 Å². The van der Waals surface area contributed by atoms with Crippen LogP contribution in [0.15, 0.2) is 47.9 Å². The van der Waals surface area contributed by atoms with Crippen LogP contribution < -0.4 is 5.32 Å². The highest BCUT2D eigenvalue weighted by molar-refractivity contribution is 6.46. The van der Waals surface area contributed by atoms with Gasteiger partial charge in [-0.05, 0) is 18.6 Å². The normalized spacial score (nSPS) is 15.0. The zero-order valence-corrected chi connectivity index (χ0v) is 10.2. The molecule has 0 fully saturated rings. The number of carbonyl (C=O) groups is 2. The molecule has 0 bridgehead atoms. The Labute approximate surface area is 105 Å². The van der Waals surface area contributed by atoms with Crippen LogP contribution in [-0.4, -0.2) is 18.7 Å². The Morgan fingerprint density at radius 2 is 1.72 bits per heavy atom. The number of aryl methyl sites for hydroxylation is 1. The van der Waals surface area contributed by atoms with E-state index in [0.29, 0.717) is 11.5 Å². The van der Waals surface area contributed by atoms with Crippen LogP contribution >= 0.6 is 0 Å². The molecule has 1 aromatic carbocycles. The molecule has 0 saturated heterocycles. The van der Waals surface area contributed by atoms with Gasteiger partial charge in [-0.25, -0.2) is 0 Å². The summed E-state index contributed by atoms with van der Waals surface area (Å²) in [6.45, 7) is 1.95. The second-order valence-electron chi connectivity index (χ2n) is 3.94. The minimum absolute atomic E-state index is 0.364. The van der Waals surface area contributed by atoms with Crippen molar-refractivity contribution in [2.24, 2.45) is 0 Å². The molecule has 1 aliphatic rings. The summed E-state index contributed by atoms with van der Waals surface area (Å²) in [6.07, 6.45) is 2.45. The molecule has 18 heavy (non-hydrogen) atoms. The predicted molar refractivity (Wildman–Crippen MR) is 68.0 cm³/mol. The molecule has 0 radical (unpaired) electrons. The van der Waals surface area contributed by atoms with Gasteiger partial charge in [0.05, 0.1) is 12.8 Å². The lowest BCUT2D eigenvalue weighted by atomic mass is 10.1. The summed E-state index contributed by atoms with van der Waals surface area (Å²) < 4.78 is 5.09. The predicted octanol–water partition coefficient (Wildman–Crippen LogP) is 1.97. The van der Waals surface area contributed by atoms with Gasteiger partial charge in [0.1, 0.15) is 5.76 Å². The molecular weight excluding hydrogens is 230 g/mol. The SMILES string of the molecule is COC1=CC(=O)C(=O)C=C1Nc1ccccc1C. The molecule has 0 aromatic heterocycles. The van der Waals surface area contributed by atoms with Crippen LogP contribution in [0.4, 0.5) is 5.69 Å². The number of rotatable bonds is 3. The molecule has 0 saturated carbocycles. The van der Waals surface area contributed by atoms with Gasteiger partial charge in [0.15, 0.2) is 0 Å². The average molecular weight is 243 g/mol. The minimum atomic E-state index is -0.567. The fourth-order valence-corrected chi connectivity index (χ4v) is 1.67. The number of allylic oxidation sites excluding steroid dienone is 2. The van der Waals surface area contributed by atoms with Gasteiger partial charge in [0.2, 0.25) is 11.6 Å². The number of hydrogen-bond donors (Lipinski definition) is 1. The summed E-state index contributed by atoms with van der Waals surface area (Å²) in [6, 6.07) is 7.67. The van der Waals surface area contributed by atoms with Crippen molar-refractivity contribution >= 4 is 17.3 Å². The van der Waals surface area contributed by atoms with Crippen molar-refractivity contribution in [1.29, 1.82) is 0 Å². The van der Waals surface area contributed by atoms with Crippen molar-refractivity contribution < 1.29 is 14.3 Å². The molecule has 0 heterocycles. The number of ether oxygens (including phenoxy) is 1. The van der Waals surface area contributed by atoms with Gasteiger partial charge < -0.3 is 10.1 Å². The van der Waals surface area contributed by atoms with E-state index in [1.807, 2.05) is 31.2 Å². The van der Waals surface area contributed by atoms with Crippen LogP contribution in [-0.2, 0) is 14.3 Å². The van der Waals surface area contributed by atoms with Gasteiger partial charge in [-0.3, -0.25) is 9.59 Å². The highest BCUT2D eigenvalue weighted by Gasteiger charge is 2.21. The van der Waals surface area contributed by atoms with Gasteiger partial charge in [-0.2, -0.15) is 0 Å². The summed E-state index contributed by atoms with van der Waals surface area (Å²) in [4.78, 5) is 22.6.